The Balaban J connectivity index is 2.22. The van der Waals surface area contributed by atoms with Crippen molar-refractivity contribution in [2.45, 2.75) is 39.0 Å². The first-order valence-corrected chi connectivity index (χ1v) is 5.79. The number of nitrogens with one attached hydrogen (secondary N) is 1. The van der Waals surface area contributed by atoms with Gasteiger partial charge in [-0.1, -0.05) is 5.16 Å². The molecular weight excluding hydrogens is 220 g/mol. The molecule has 0 aliphatic heterocycles. The van der Waals surface area contributed by atoms with Crippen LogP contribution in [0.5, 0.6) is 0 Å². The van der Waals surface area contributed by atoms with Gasteiger partial charge >= 0.3 is 0 Å². The average Bonchev–Trinajstić information content (AvgIpc) is 2.73. The van der Waals surface area contributed by atoms with Gasteiger partial charge in [0.1, 0.15) is 6.61 Å². The second kappa shape index (κ2) is 6.74. The number of ether oxygens (including phenoxy) is 2. The third-order valence-electron chi connectivity index (χ3n) is 2.61. The summed E-state index contributed by atoms with van der Waals surface area (Å²) in [5.74, 6) is 0.755. The highest BCUT2D eigenvalue weighted by Crippen LogP contribution is 2.13. The van der Waals surface area contributed by atoms with E-state index in [-0.39, 0.29) is 5.60 Å². The zero-order chi connectivity index (χ0) is 12.7. The standard InChI is InChI=1S/C12H22N2O3/c1-12(2,15-4)5-6-16-9-11-7-10(8-13-3)14-17-11/h7,13H,5-6,8-9H2,1-4H3. The van der Waals surface area contributed by atoms with E-state index < -0.39 is 0 Å². The van der Waals surface area contributed by atoms with Crippen LogP contribution in [0.3, 0.4) is 0 Å². The van der Waals surface area contributed by atoms with E-state index in [1.165, 1.54) is 0 Å². The van der Waals surface area contributed by atoms with Crippen LogP contribution in [-0.2, 0) is 22.6 Å². The van der Waals surface area contributed by atoms with E-state index in [0.29, 0.717) is 19.8 Å². The molecule has 0 atom stereocenters. The molecule has 0 fully saturated rings. The Bertz CT molecular complexity index is 323. The van der Waals surface area contributed by atoms with E-state index in [2.05, 4.69) is 10.5 Å². The Kier molecular flexibility index (Phi) is 5.61. The molecule has 1 N–H and O–H groups in total. The fourth-order valence-corrected chi connectivity index (χ4v) is 1.28. The Morgan fingerprint density at radius 3 is 2.88 bits per heavy atom. The molecule has 1 heterocycles. The van der Waals surface area contributed by atoms with Gasteiger partial charge in [0.15, 0.2) is 5.76 Å². The zero-order valence-corrected chi connectivity index (χ0v) is 11.1. The van der Waals surface area contributed by atoms with Gasteiger partial charge in [-0.2, -0.15) is 0 Å². The Labute approximate surface area is 102 Å². The van der Waals surface area contributed by atoms with Crippen molar-refractivity contribution in [1.29, 1.82) is 0 Å². The maximum absolute atomic E-state index is 5.51. The summed E-state index contributed by atoms with van der Waals surface area (Å²) in [6.07, 6.45) is 0.848. The summed E-state index contributed by atoms with van der Waals surface area (Å²) in [6.45, 7) is 5.88. The highest BCUT2D eigenvalue weighted by atomic mass is 16.5. The monoisotopic (exact) mass is 242 g/mol. The second-order valence-electron chi connectivity index (χ2n) is 4.58. The van der Waals surface area contributed by atoms with Gasteiger partial charge in [0.2, 0.25) is 0 Å². The van der Waals surface area contributed by atoms with Gasteiger partial charge in [-0.3, -0.25) is 0 Å². The molecular formula is C12H22N2O3. The lowest BCUT2D eigenvalue weighted by atomic mass is 10.1. The number of nitrogens with zero attached hydrogens (tertiary/aromatic N) is 1. The molecule has 0 unspecified atom stereocenters. The highest BCUT2D eigenvalue weighted by molar-refractivity contribution is 5.03. The van der Waals surface area contributed by atoms with Crippen molar-refractivity contribution >= 4 is 0 Å². The maximum atomic E-state index is 5.51. The Hall–Kier alpha value is -0.910. The topological polar surface area (TPSA) is 56.5 Å². The molecule has 0 bridgehead atoms. The van der Waals surface area contributed by atoms with E-state index in [4.69, 9.17) is 14.0 Å². The number of aromatic nitrogens is 1. The van der Waals surface area contributed by atoms with E-state index in [9.17, 15) is 0 Å². The summed E-state index contributed by atoms with van der Waals surface area (Å²) < 4.78 is 15.9. The first kappa shape index (κ1) is 14.2. The van der Waals surface area contributed by atoms with Crippen LogP contribution in [0.25, 0.3) is 0 Å². The van der Waals surface area contributed by atoms with E-state index in [0.717, 1.165) is 17.9 Å². The summed E-state index contributed by atoms with van der Waals surface area (Å²) in [5, 5.41) is 6.92. The predicted molar refractivity (Wildman–Crippen MR) is 64.6 cm³/mol. The summed E-state index contributed by atoms with van der Waals surface area (Å²) >= 11 is 0. The van der Waals surface area contributed by atoms with Crippen molar-refractivity contribution in [3.8, 4) is 0 Å². The van der Waals surface area contributed by atoms with Crippen molar-refractivity contribution in [3.63, 3.8) is 0 Å². The fourth-order valence-electron chi connectivity index (χ4n) is 1.28. The third kappa shape index (κ3) is 5.30. The number of methoxy groups -OCH3 is 1. The van der Waals surface area contributed by atoms with Gasteiger partial charge in [0.05, 0.1) is 11.3 Å². The Morgan fingerprint density at radius 2 is 2.24 bits per heavy atom. The molecule has 1 aromatic rings. The van der Waals surface area contributed by atoms with Crippen LogP contribution in [0, 0.1) is 0 Å². The first-order chi connectivity index (χ1) is 8.07. The third-order valence-corrected chi connectivity index (χ3v) is 2.61. The minimum Gasteiger partial charge on any atom is -0.379 e. The van der Waals surface area contributed by atoms with E-state index >= 15 is 0 Å². The van der Waals surface area contributed by atoms with Gasteiger partial charge in [-0.05, 0) is 27.3 Å². The molecule has 17 heavy (non-hydrogen) atoms. The van der Waals surface area contributed by atoms with Gasteiger partial charge in [0, 0.05) is 26.3 Å². The summed E-state index contributed by atoms with van der Waals surface area (Å²) in [5.41, 5.74) is 0.752. The first-order valence-electron chi connectivity index (χ1n) is 5.79. The molecule has 0 amide bonds. The lowest BCUT2D eigenvalue weighted by molar-refractivity contribution is -0.0148. The van der Waals surface area contributed by atoms with Crippen molar-refractivity contribution in [2.24, 2.45) is 0 Å². The zero-order valence-electron chi connectivity index (χ0n) is 11.1. The maximum Gasteiger partial charge on any atom is 0.162 e. The molecule has 98 valence electrons. The van der Waals surface area contributed by atoms with Gasteiger partial charge in [-0.25, -0.2) is 0 Å². The largest absolute Gasteiger partial charge is 0.379 e. The molecule has 0 aliphatic carbocycles. The van der Waals surface area contributed by atoms with Gasteiger partial charge < -0.3 is 19.3 Å². The van der Waals surface area contributed by atoms with E-state index in [1.54, 1.807) is 7.11 Å². The summed E-state index contributed by atoms with van der Waals surface area (Å²) in [4.78, 5) is 0. The predicted octanol–water partition coefficient (Wildman–Crippen LogP) is 1.73. The lowest BCUT2D eigenvalue weighted by Gasteiger charge is -2.22. The highest BCUT2D eigenvalue weighted by Gasteiger charge is 2.15. The molecule has 0 aliphatic rings. The normalized spacial score (nSPS) is 12.0. The number of hydrogen-bond acceptors (Lipinski definition) is 5. The van der Waals surface area contributed by atoms with Crippen LogP contribution in [-0.4, -0.2) is 31.5 Å². The minimum atomic E-state index is -0.140. The van der Waals surface area contributed by atoms with Crippen LogP contribution in [0.2, 0.25) is 0 Å². The van der Waals surface area contributed by atoms with Crippen molar-refractivity contribution in [3.05, 3.63) is 17.5 Å². The average molecular weight is 242 g/mol. The van der Waals surface area contributed by atoms with E-state index in [1.807, 2.05) is 27.0 Å². The summed E-state index contributed by atoms with van der Waals surface area (Å²) in [7, 11) is 3.58. The molecule has 5 heteroatoms. The summed E-state index contributed by atoms with van der Waals surface area (Å²) in [6, 6.07) is 1.90. The second-order valence-corrected chi connectivity index (χ2v) is 4.58. The van der Waals surface area contributed by atoms with Crippen LogP contribution < -0.4 is 5.32 Å². The van der Waals surface area contributed by atoms with Crippen molar-refractivity contribution < 1.29 is 14.0 Å². The van der Waals surface area contributed by atoms with Crippen LogP contribution in [0.4, 0.5) is 0 Å². The lowest BCUT2D eigenvalue weighted by Crippen LogP contribution is -2.24. The van der Waals surface area contributed by atoms with Crippen LogP contribution in [0.1, 0.15) is 31.7 Å². The van der Waals surface area contributed by atoms with Crippen molar-refractivity contribution in [2.75, 3.05) is 20.8 Å². The Morgan fingerprint density at radius 1 is 1.47 bits per heavy atom. The van der Waals surface area contributed by atoms with Gasteiger partial charge in [-0.15, -0.1) is 0 Å². The fraction of sp³-hybridized carbons (Fsp3) is 0.750. The van der Waals surface area contributed by atoms with Gasteiger partial charge in [0.25, 0.3) is 0 Å². The molecule has 0 saturated heterocycles. The molecule has 0 radical (unpaired) electrons. The molecule has 1 rings (SSSR count). The van der Waals surface area contributed by atoms with Crippen LogP contribution >= 0.6 is 0 Å². The molecule has 0 aromatic carbocycles. The molecule has 0 saturated carbocycles. The minimum absolute atomic E-state index is 0.140. The molecule has 1 aromatic heterocycles. The van der Waals surface area contributed by atoms with Crippen molar-refractivity contribution in [1.82, 2.24) is 10.5 Å². The molecule has 5 nitrogen and oxygen atoms in total. The number of rotatable bonds is 8. The molecule has 0 spiro atoms. The smallest absolute Gasteiger partial charge is 0.162 e. The number of hydrogen-bond donors (Lipinski definition) is 1. The van der Waals surface area contributed by atoms with Crippen LogP contribution in [0.15, 0.2) is 10.6 Å². The SMILES string of the molecule is CNCc1cc(COCCC(C)(C)OC)on1. The quantitative estimate of drug-likeness (QED) is 0.703.